The number of carbonyl (C=O) groups excluding carboxylic acids is 1. The topological polar surface area (TPSA) is 87.4 Å². The zero-order valence-corrected chi connectivity index (χ0v) is 17.8. The molecule has 3 heterocycles. The molecule has 0 fully saturated rings. The van der Waals surface area contributed by atoms with Gasteiger partial charge in [0.05, 0.1) is 13.1 Å². The molecule has 3 rings (SSSR count). The van der Waals surface area contributed by atoms with E-state index in [9.17, 15) is 4.79 Å². The van der Waals surface area contributed by atoms with E-state index >= 15 is 0 Å². The van der Waals surface area contributed by atoms with Crippen molar-refractivity contribution in [1.29, 1.82) is 0 Å². The molecule has 1 aliphatic heterocycles. The van der Waals surface area contributed by atoms with E-state index in [4.69, 9.17) is 0 Å². The number of thiophene rings is 1. The van der Waals surface area contributed by atoms with E-state index in [-0.39, 0.29) is 18.5 Å². The standard InChI is InChI=1S/C19H29N7OS/c1-13(2)18-23-16-8-7-14(12-26(16)24-18)22-19(21-11-17(27)25(3)4)20-10-15-6-5-9-28-15/h5-6,9,13-14H,7-8,10-12H2,1-4H3,(H2,20,21,22). The summed E-state index contributed by atoms with van der Waals surface area (Å²) in [6, 6.07) is 4.30. The highest BCUT2D eigenvalue weighted by molar-refractivity contribution is 7.09. The first-order chi connectivity index (χ1) is 13.4. The average Bonchev–Trinajstić information content (AvgIpc) is 3.32. The quantitative estimate of drug-likeness (QED) is 0.565. The van der Waals surface area contributed by atoms with Crippen molar-refractivity contribution in [2.24, 2.45) is 4.99 Å². The van der Waals surface area contributed by atoms with Gasteiger partial charge in [0.1, 0.15) is 12.4 Å². The van der Waals surface area contributed by atoms with E-state index in [1.54, 1.807) is 30.3 Å². The molecule has 152 valence electrons. The number of aliphatic imine (C=N–C) groups is 1. The molecule has 1 amide bonds. The normalized spacial score (nSPS) is 16.8. The highest BCUT2D eigenvalue weighted by atomic mass is 32.1. The lowest BCUT2D eigenvalue weighted by Crippen LogP contribution is -2.47. The maximum Gasteiger partial charge on any atom is 0.243 e. The molecule has 0 aromatic carbocycles. The molecule has 1 unspecified atom stereocenters. The third-order valence-electron chi connectivity index (χ3n) is 4.61. The van der Waals surface area contributed by atoms with Crippen molar-refractivity contribution in [2.45, 2.75) is 51.7 Å². The molecule has 0 bridgehead atoms. The predicted molar refractivity (Wildman–Crippen MR) is 112 cm³/mol. The van der Waals surface area contributed by atoms with Crippen molar-refractivity contribution in [3.05, 3.63) is 34.0 Å². The molecule has 8 nitrogen and oxygen atoms in total. The monoisotopic (exact) mass is 403 g/mol. The van der Waals surface area contributed by atoms with Crippen molar-refractivity contribution >= 4 is 23.2 Å². The van der Waals surface area contributed by atoms with Crippen molar-refractivity contribution in [3.63, 3.8) is 0 Å². The Morgan fingerprint density at radius 2 is 2.29 bits per heavy atom. The third-order valence-corrected chi connectivity index (χ3v) is 5.49. The summed E-state index contributed by atoms with van der Waals surface area (Å²) in [6.07, 6.45) is 1.84. The fourth-order valence-electron chi connectivity index (χ4n) is 2.91. The second kappa shape index (κ2) is 9.18. The number of hydrogen-bond acceptors (Lipinski definition) is 5. The molecular formula is C19H29N7OS. The lowest BCUT2D eigenvalue weighted by atomic mass is 10.1. The summed E-state index contributed by atoms with van der Waals surface area (Å²) in [6.45, 7) is 5.76. The van der Waals surface area contributed by atoms with E-state index in [1.165, 1.54) is 4.88 Å². The zero-order chi connectivity index (χ0) is 20.1. The molecule has 0 saturated carbocycles. The molecule has 2 aromatic heterocycles. The summed E-state index contributed by atoms with van der Waals surface area (Å²) in [4.78, 5) is 23.8. The molecule has 2 N–H and O–H groups in total. The second-order valence-electron chi connectivity index (χ2n) is 7.49. The Hall–Kier alpha value is -2.42. The number of nitrogens with one attached hydrogen (secondary N) is 2. The minimum atomic E-state index is -0.0268. The Bertz CT molecular complexity index is 810. The average molecular weight is 404 g/mol. The summed E-state index contributed by atoms with van der Waals surface area (Å²) >= 11 is 1.69. The molecule has 0 radical (unpaired) electrons. The van der Waals surface area contributed by atoms with Gasteiger partial charge in [-0.15, -0.1) is 11.3 Å². The molecule has 9 heteroatoms. The van der Waals surface area contributed by atoms with Crippen LogP contribution in [0.25, 0.3) is 0 Å². The fraction of sp³-hybridized carbons (Fsp3) is 0.579. The Kier molecular flexibility index (Phi) is 6.66. The number of hydrogen-bond donors (Lipinski definition) is 2. The number of aryl methyl sites for hydroxylation is 1. The number of likely N-dealkylation sites (N-methyl/N-ethyl adjacent to an activating group) is 1. The Morgan fingerprint density at radius 3 is 2.96 bits per heavy atom. The molecule has 2 aromatic rings. The predicted octanol–water partition coefficient (Wildman–Crippen LogP) is 1.60. The molecule has 1 atom stereocenters. The van der Waals surface area contributed by atoms with E-state index in [0.717, 1.165) is 31.0 Å². The minimum Gasteiger partial charge on any atom is -0.352 e. The third kappa shape index (κ3) is 5.31. The minimum absolute atomic E-state index is 0.0268. The van der Waals surface area contributed by atoms with Gasteiger partial charge < -0.3 is 15.5 Å². The lowest BCUT2D eigenvalue weighted by Gasteiger charge is -2.25. The first-order valence-electron chi connectivity index (χ1n) is 9.63. The largest absolute Gasteiger partial charge is 0.352 e. The number of guanidine groups is 1. The summed E-state index contributed by atoms with van der Waals surface area (Å²) < 4.78 is 2.00. The summed E-state index contributed by atoms with van der Waals surface area (Å²) in [5, 5.41) is 13.5. The molecule has 1 aliphatic rings. The Balaban J connectivity index is 1.65. The van der Waals surface area contributed by atoms with Crippen LogP contribution in [0.1, 0.15) is 42.7 Å². The van der Waals surface area contributed by atoms with Gasteiger partial charge in [0.15, 0.2) is 11.8 Å². The van der Waals surface area contributed by atoms with Crippen molar-refractivity contribution < 1.29 is 4.79 Å². The van der Waals surface area contributed by atoms with Gasteiger partial charge in [0, 0.05) is 37.4 Å². The van der Waals surface area contributed by atoms with Crippen molar-refractivity contribution in [2.75, 3.05) is 20.6 Å². The first-order valence-corrected chi connectivity index (χ1v) is 10.5. The summed E-state index contributed by atoms with van der Waals surface area (Å²) in [7, 11) is 3.48. The summed E-state index contributed by atoms with van der Waals surface area (Å²) in [5.74, 6) is 2.90. The van der Waals surface area contributed by atoms with E-state index in [1.807, 2.05) is 10.7 Å². The summed E-state index contributed by atoms with van der Waals surface area (Å²) in [5.41, 5.74) is 0. The fourth-order valence-corrected chi connectivity index (χ4v) is 3.55. The van der Waals surface area contributed by atoms with Crippen LogP contribution in [0.4, 0.5) is 0 Å². The molecule has 28 heavy (non-hydrogen) atoms. The van der Waals surface area contributed by atoms with Gasteiger partial charge in [-0.3, -0.25) is 4.79 Å². The van der Waals surface area contributed by atoms with Crippen molar-refractivity contribution in [1.82, 2.24) is 30.3 Å². The number of aromatic nitrogens is 3. The molecule has 0 saturated heterocycles. The number of rotatable bonds is 6. The zero-order valence-electron chi connectivity index (χ0n) is 17.0. The van der Waals surface area contributed by atoms with E-state index < -0.39 is 0 Å². The van der Waals surface area contributed by atoms with E-state index in [2.05, 4.69) is 51.0 Å². The van der Waals surface area contributed by atoms with Gasteiger partial charge in [-0.1, -0.05) is 19.9 Å². The number of nitrogens with zero attached hydrogens (tertiary/aromatic N) is 5. The highest BCUT2D eigenvalue weighted by Crippen LogP contribution is 2.17. The van der Waals surface area contributed by atoms with Gasteiger partial charge in [-0.05, 0) is 17.9 Å². The molecular weight excluding hydrogens is 374 g/mol. The Morgan fingerprint density at radius 1 is 1.46 bits per heavy atom. The highest BCUT2D eigenvalue weighted by Gasteiger charge is 2.23. The van der Waals surface area contributed by atoms with Crippen LogP contribution in [0.15, 0.2) is 22.5 Å². The lowest BCUT2D eigenvalue weighted by molar-refractivity contribution is -0.127. The maximum absolute atomic E-state index is 11.9. The van der Waals surface area contributed by atoms with Gasteiger partial charge in [-0.2, -0.15) is 5.10 Å². The molecule has 0 spiro atoms. The smallest absolute Gasteiger partial charge is 0.243 e. The van der Waals surface area contributed by atoms with Crippen molar-refractivity contribution in [3.8, 4) is 0 Å². The van der Waals surface area contributed by atoms with Crippen LogP contribution in [0.3, 0.4) is 0 Å². The van der Waals surface area contributed by atoms with Gasteiger partial charge >= 0.3 is 0 Å². The van der Waals surface area contributed by atoms with Gasteiger partial charge in [-0.25, -0.2) is 14.7 Å². The van der Waals surface area contributed by atoms with E-state index in [0.29, 0.717) is 18.4 Å². The van der Waals surface area contributed by atoms with Gasteiger partial charge in [0.2, 0.25) is 5.91 Å². The van der Waals surface area contributed by atoms with Crippen LogP contribution >= 0.6 is 11.3 Å². The second-order valence-corrected chi connectivity index (χ2v) is 8.52. The maximum atomic E-state index is 11.9. The Labute approximate surface area is 170 Å². The number of fused-ring (bicyclic) bond motifs is 1. The first kappa shape index (κ1) is 20.3. The number of amides is 1. The molecule has 0 aliphatic carbocycles. The van der Waals surface area contributed by atoms with Crippen LogP contribution in [0.2, 0.25) is 0 Å². The van der Waals surface area contributed by atoms with Gasteiger partial charge in [0.25, 0.3) is 0 Å². The van der Waals surface area contributed by atoms with Crippen LogP contribution < -0.4 is 10.6 Å². The van der Waals surface area contributed by atoms with Crippen LogP contribution in [0.5, 0.6) is 0 Å². The SMILES string of the molecule is CC(C)c1nc2n(n1)CC(NC(=NCC(=O)N(C)C)NCc1cccs1)CC2. The van der Waals surface area contributed by atoms with Crippen LogP contribution in [-0.2, 0) is 24.3 Å². The van der Waals surface area contributed by atoms with Crippen LogP contribution in [0, 0.1) is 0 Å². The number of carbonyl (C=O) groups is 1. The van der Waals surface area contributed by atoms with Crippen LogP contribution in [-0.4, -0.2) is 58.2 Å².